The first kappa shape index (κ1) is 10.1. The lowest BCUT2D eigenvalue weighted by Crippen LogP contribution is -2.31. The summed E-state index contributed by atoms with van der Waals surface area (Å²) in [6.07, 6.45) is 0.958. The second-order valence-electron chi connectivity index (χ2n) is 2.48. The Morgan fingerprint density at radius 3 is 2.92 bits per heavy atom. The quantitative estimate of drug-likeness (QED) is 0.338. The molecule has 0 amide bonds. The van der Waals surface area contributed by atoms with Gasteiger partial charge < -0.3 is 9.84 Å². The molecule has 1 aromatic rings. The summed E-state index contributed by atoms with van der Waals surface area (Å²) in [5.74, 6) is 6.35. The molecule has 0 aromatic carbocycles. The average Bonchev–Trinajstić information content (AvgIpc) is 2.54. The molecule has 0 radical (unpaired) electrons. The number of hydrogen-bond donors (Lipinski definition) is 2. The number of nitrogens with two attached hydrogens (primary N) is 1. The van der Waals surface area contributed by atoms with Crippen molar-refractivity contribution in [2.75, 3.05) is 6.54 Å². The zero-order valence-corrected chi connectivity index (χ0v) is 8.14. The standard InChI is InChI=1S/C8H12ClN3O/c1-2-5-11-8(12-10)6-3-4-7(9)13-6/h3-4H,2,5,10H2,1H3,(H,11,12). The summed E-state index contributed by atoms with van der Waals surface area (Å²) >= 11 is 5.61. The van der Waals surface area contributed by atoms with Gasteiger partial charge in [0.25, 0.3) is 0 Å². The Morgan fingerprint density at radius 1 is 1.69 bits per heavy atom. The molecule has 0 spiro atoms. The minimum absolute atomic E-state index is 0.328. The molecule has 0 unspecified atom stereocenters. The summed E-state index contributed by atoms with van der Waals surface area (Å²) in [5.41, 5.74) is 2.46. The van der Waals surface area contributed by atoms with Gasteiger partial charge >= 0.3 is 0 Å². The molecule has 1 heterocycles. The van der Waals surface area contributed by atoms with Gasteiger partial charge in [0.2, 0.25) is 0 Å². The molecule has 72 valence electrons. The fraction of sp³-hybridized carbons (Fsp3) is 0.375. The predicted molar refractivity (Wildman–Crippen MR) is 52.7 cm³/mol. The van der Waals surface area contributed by atoms with Gasteiger partial charge in [0.05, 0.1) is 0 Å². The normalized spacial score (nSPS) is 11.8. The van der Waals surface area contributed by atoms with Crippen LogP contribution in [0.3, 0.4) is 0 Å². The zero-order valence-electron chi connectivity index (χ0n) is 7.38. The van der Waals surface area contributed by atoms with E-state index in [0.29, 0.717) is 23.4 Å². The molecule has 1 aromatic heterocycles. The van der Waals surface area contributed by atoms with Crippen molar-refractivity contribution in [1.29, 1.82) is 0 Å². The van der Waals surface area contributed by atoms with Crippen LogP contribution in [-0.2, 0) is 0 Å². The van der Waals surface area contributed by atoms with E-state index in [-0.39, 0.29) is 0 Å². The van der Waals surface area contributed by atoms with E-state index in [1.54, 1.807) is 12.1 Å². The van der Waals surface area contributed by atoms with Crippen molar-refractivity contribution in [1.82, 2.24) is 5.43 Å². The smallest absolute Gasteiger partial charge is 0.194 e. The van der Waals surface area contributed by atoms with Crippen LogP contribution >= 0.6 is 11.6 Å². The Hall–Kier alpha value is -1.00. The molecule has 0 aliphatic heterocycles. The summed E-state index contributed by atoms with van der Waals surface area (Å²) in [6, 6.07) is 3.37. The van der Waals surface area contributed by atoms with Crippen LogP contribution in [0.15, 0.2) is 21.5 Å². The molecule has 13 heavy (non-hydrogen) atoms. The van der Waals surface area contributed by atoms with Crippen molar-refractivity contribution < 1.29 is 4.42 Å². The Bertz CT molecular complexity index is 295. The molecule has 0 saturated carbocycles. The van der Waals surface area contributed by atoms with Crippen LogP contribution in [0.1, 0.15) is 19.1 Å². The Labute approximate surface area is 81.7 Å². The van der Waals surface area contributed by atoms with Crippen LogP contribution in [-0.4, -0.2) is 12.4 Å². The molecule has 3 N–H and O–H groups in total. The summed E-state index contributed by atoms with van der Waals surface area (Å²) in [5, 5.41) is 0.328. The van der Waals surface area contributed by atoms with E-state index in [1.165, 1.54) is 0 Å². The number of furan rings is 1. The highest BCUT2D eigenvalue weighted by Gasteiger charge is 2.05. The van der Waals surface area contributed by atoms with Gasteiger partial charge in [0, 0.05) is 6.54 Å². The summed E-state index contributed by atoms with van der Waals surface area (Å²) in [6.45, 7) is 2.74. The first-order valence-corrected chi connectivity index (χ1v) is 4.42. The van der Waals surface area contributed by atoms with E-state index in [2.05, 4.69) is 10.4 Å². The third kappa shape index (κ3) is 2.75. The lowest BCUT2D eigenvalue weighted by atomic mass is 10.4. The molecule has 0 bridgehead atoms. The molecule has 1 rings (SSSR count). The molecule has 0 fully saturated rings. The maximum Gasteiger partial charge on any atom is 0.194 e. The Balaban J connectivity index is 2.77. The van der Waals surface area contributed by atoms with Crippen LogP contribution in [0, 0.1) is 0 Å². The molecule has 5 heteroatoms. The topological polar surface area (TPSA) is 63.5 Å². The van der Waals surface area contributed by atoms with Crippen LogP contribution in [0.2, 0.25) is 5.22 Å². The van der Waals surface area contributed by atoms with Gasteiger partial charge in [-0.2, -0.15) is 0 Å². The van der Waals surface area contributed by atoms with Crippen LogP contribution in [0.5, 0.6) is 0 Å². The van der Waals surface area contributed by atoms with Crippen molar-refractivity contribution in [3.8, 4) is 0 Å². The summed E-state index contributed by atoms with van der Waals surface area (Å²) < 4.78 is 5.13. The zero-order chi connectivity index (χ0) is 9.68. The molecule has 0 saturated heterocycles. The van der Waals surface area contributed by atoms with Crippen LogP contribution < -0.4 is 11.3 Å². The maximum absolute atomic E-state index is 5.61. The average molecular weight is 202 g/mol. The lowest BCUT2D eigenvalue weighted by molar-refractivity contribution is 0.555. The Kier molecular flexibility index (Phi) is 3.79. The van der Waals surface area contributed by atoms with Gasteiger partial charge in [-0.25, -0.2) is 5.84 Å². The predicted octanol–water partition coefficient (Wildman–Crippen LogP) is 1.55. The first-order chi connectivity index (χ1) is 6.27. The van der Waals surface area contributed by atoms with Crippen LogP contribution in [0.25, 0.3) is 0 Å². The van der Waals surface area contributed by atoms with Gasteiger partial charge in [-0.3, -0.25) is 4.99 Å². The highest BCUT2D eigenvalue weighted by atomic mass is 35.5. The Morgan fingerprint density at radius 2 is 2.46 bits per heavy atom. The van der Waals surface area contributed by atoms with E-state index in [4.69, 9.17) is 21.9 Å². The van der Waals surface area contributed by atoms with E-state index < -0.39 is 0 Å². The van der Waals surface area contributed by atoms with Crippen molar-refractivity contribution in [3.05, 3.63) is 23.1 Å². The van der Waals surface area contributed by atoms with Crippen molar-refractivity contribution >= 4 is 17.4 Å². The SMILES string of the molecule is CCCN=C(NN)c1ccc(Cl)o1. The second kappa shape index (κ2) is 4.89. The number of hydrogen-bond acceptors (Lipinski definition) is 3. The van der Waals surface area contributed by atoms with Crippen LogP contribution in [0.4, 0.5) is 0 Å². The second-order valence-corrected chi connectivity index (χ2v) is 2.85. The van der Waals surface area contributed by atoms with E-state index >= 15 is 0 Å². The summed E-state index contributed by atoms with van der Waals surface area (Å²) in [4.78, 5) is 4.17. The minimum atomic E-state index is 0.328. The fourth-order valence-corrected chi connectivity index (χ4v) is 1.01. The molecule has 4 nitrogen and oxygen atoms in total. The molecular formula is C8H12ClN3O. The van der Waals surface area contributed by atoms with Gasteiger partial charge in [-0.1, -0.05) is 6.92 Å². The molecular weight excluding hydrogens is 190 g/mol. The molecule has 0 aliphatic carbocycles. The number of amidine groups is 1. The van der Waals surface area contributed by atoms with Gasteiger partial charge in [0.1, 0.15) is 0 Å². The van der Waals surface area contributed by atoms with Gasteiger partial charge in [-0.05, 0) is 30.2 Å². The first-order valence-electron chi connectivity index (χ1n) is 4.04. The monoisotopic (exact) mass is 201 g/mol. The third-order valence-electron chi connectivity index (χ3n) is 1.44. The fourth-order valence-electron chi connectivity index (χ4n) is 0.860. The number of hydrazine groups is 1. The number of rotatable bonds is 3. The molecule has 0 aliphatic rings. The largest absolute Gasteiger partial charge is 0.441 e. The van der Waals surface area contributed by atoms with E-state index in [9.17, 15) is 0 Å². The number of aliphatic imine (C=N–C) groups is 1. The minimum Gasteiger partial charge on any atom is -0.441 e. The highest BCUT2D eigenvalue weighted by Crippen LogP contribution is 2.12. The number of nitrogens with one attached hydrogen (secondary N) is 1. The van der Waals surface area contributed by atoms with Gasteiger partial charge in [0.15, 0.2) is 16.8 Å². The maximum atomic E-state index is 5.61. The van der Waals surface area contributed by atoms with Gasteiger partial charge in [-0.15, -0.1) is 0 Å². The van der Waals surface area contributed by atoms with E-state index in [1.807, 2.05) is 6.92 Å². The summed E-state index contributed by atoms with van der Waals surface area (Å²) in [7, 11) is 0. The van der Waals surface area contributed by atoms with E-state index in [0.717, 1.165) is 6.42 Å². The number of halogens is 1. The highest BCUT2D eigenvalue weighted by molar-refractivity contribution is 6.29. The van der Waals surface area contributed by atoms with Crippen molar-refractivity contribution in [2.45, 2.75) is 13.3 Å². The molecule has 0 atom stereocenters. The number of nitrogens with zero attached hydrogens (tertiary/aromatic N) is 1. The van der Waals surface area contributed by atoms with Crippen molar-refractivity contribution in [3.63, 3.8) is 0 Å². The van der Waals surface area contributed by atoms with Crippen molar-refractivity contribution in [2.24, 2.45) is 10.8 Å². The third-order valence-corrected chi connectivity index (χ3v) is 1.64. The lowest BCUT2D eigenvalue weighted by Gasteiger charge is -2.00.